The van der Waals surface area contributed by atoms with Gasteiger partial charge in [-0.25, -0.2) is 4.99 Å². The number of amidine groups is 1. The highest BCUT2D eigenvalue weighted by Gasteiger charge is 2.13. The first kappa shape index (κ1) is 29.7. The second-order valence-electron chi connectivity index (χ2n) is 8.37. The Morgan fingerprint density at radius 2 is 1.30 bits per heavy atom. The van der Waals surface area contributed by atoms with Gasteiger partial charge in [-0.2, -0.15) is 0 Å². The van der Waals surface area contributed by atoms with E-state index in [0.717, 1.165) is 32.4 Å². The van der Waals surface area contributed by atoms with Gasteiger partial charge in [-0.05, 0) is 61.4 Å². The maximum atomic E-state index is 11.7. The highest BCUT2D eigenvalue weighted by molar-refractivity contribution is 8.14. The number of carbonyl (C=O) groups is 2. The predicted molar refractivity (Wildman–Crippen MR) is 161 cm³/mol. The van der Waals surface area contributed by atoms with E-state index in [-0.39, 0.29) is 16.3 Å². The van der Waals surface area contributed by atoms with Crippen molar-refractivity contribution in [1.29, 1.82) is 0 Å². The third-order valence-electron chi connectivity index (χ3n) is 5.47. The van der Waals surface area contributed by atoms with E-state index in [1.165, 1.54) is 54.5 Å². The van der Waals surface area contributed by atoms with Gasteiger partial charge in [-0.15, -0.1) is 11.8 Å². The molecular weight excluding hydrogens is 541 g/mol. The molecule has 0 spiro atoms. The lowest BCUT2D eigenvalue weighted by Gasteiger charge is -2.18. The molecule has 3 rings (SSSR count). The molecule has 2 aromatic carbocycles. The van der Waals surface area contributed by atoms with E-state index in [9.17, 15) is 9.59 Å². The van der Waals surface area contributed by atoms with E-state index in [0.29, 0.717) is 29.8 Å². The van der Waals surface area contributed by atoms with Gasteiger partial charge in [-0.3, -0.25) is 14.6 Å². The second-order valence-corrected chi connectivity index (χ2v) is 12.7. The standard InChI is InChI=1S/C27H34N4O2S4/c1-3-24(32)35-21-12-10-20(11-13-21)34-18-29-27(31-26(28)30-19-8-6-5-7-9-19)37-23-16-14-22(15-17-23)36-25(33)4-2/h10-17,19H,3-9,18H2,1-2H3,(H3,28,29,30,31). The average molecular weight is 575 g/mol. The monoisotopic (exact) mass is 574 g/mol. The van der Waals surface area contributed by atoms with Crippen molar-refractivity contribution in [2.45, 2.75) is 84.4 Å². The molecule has 198 valence electrons. The van der Waals surface area contributed by atoms with E-state index in [1.807, 2.05) is 62.4 Å². The third kappa shape index (κ3) is 11.2. The van der Waals surface area contributed by atoms with Gasteiger partial charge in [0.1, 0.15) is 0 Å². The number of hydrogen-bond acceptors (Lipinski definition) is 8. The molecule has 0 aliphatic heterocycles. The zero-order chi connectivity index (χ0) is 26.5. The van der Waals surface area contributed by atoms with Crippen molar-refractivity contribution in [3.05, 3.63) is 48.5 Å². The van der Waals surface area contributed by atoms with Gasteiger partial charge in [0.25, 0.3) is 0 Å². The Morgan fingerprint density at radius 1 is 0.811 bits per heavy atom. The summed E-state index contributed by atoms with van der Waals surface area (Å²) >= 11 is 5.63. The summed E-state index contributed by atoms with van der Waals surface area (Å²) in [5.74, 6) is 0.900. The van der Waals surface area contributed by atoms with Crippen molar-refractivity contribution >= 4 is 68.4 Å². The van der Waals surface area contributed by atoms with Crippen LogP contribution in [0.5, 0.6) is 0 Å². The van der Waals surface area contributed by atoms with E-state index in [1.54, 1.807) is 11.8 Å². The number of thioether (sulfide) groups is 4. The topological polar surface area (TPSA) is 96.9 Å². The van der Waals surface area contributed by atoms with Crippen LogP contribution in [0.1, 0.15) is 58.8 Å². The number of nitrogens with zero attached hydrogens (tertiary/aromatic N) is 2. The van der Waals surface area contributed by atoms with Crippen LogP contribution in [0.2, 0.25) is 0 Å². The van der Waals surface area contributed by atoms with E-state index in [2.05, 4.69) is 5.32 Å². The smallest absolute Gasteiger partial charge is 0.194 e. The van der Waals surface area contributed by atoms with Gasteiger partial charge >= 0.3 is 0 Å². The van der Waals surface area contributed by atoms with E-state index >= 15 is 0 Å². The number of hydrogen-bond donors (Lipinski definition) is 2. The molecule has 6 nitrogen and oxygen atoms in total. The number of carbonyl (C=O) groups excluding carboxylic acids is 2. The molecule has 10 heteroatoms. The molecule has 0 heterocycles. The fraction of sp³-hybridized carbons (Fsp3) is 0.407. The van der Waals surface area contributed by atoms with Crippen molar-refractivity contribution in [2.24, 2.45) is 15.7 Å². The van der Waals surface area contributed by atoms with Crippen LogP contribution in [-0.4, -0.2) is 33.3 Å². The van der Waals surface area contributed by atoms with Gasteiger partial charge in [0.15, 0.2) is 21.4 Å². The van der Waals surface area contributed by atoms with Crippen LogP contribution in [0.25, 0.3) is 0 Å². The molecule has 1 fully saturated rings. The number of rotatable bonds is 9. The summed E-state index contributed by atoms with van der Waals surface area (Å²) < 4.78 is 0. The van der Waals surface area contributed by atoms with Crippen molar-refractivity contribution in [3.63, 3.8) is 0 Å². The van der Waals surface area contributed by atoms with Gasteiger partial charge < -0.3 is 11.1 Å². The number of aliphatic imine (C=N–C) groups is 2. The summed E-state index contributed by atoms with van der Waals surface area (Å²) in [6.45, 7) is 3.74. The molecule has 0 amide bonds. The molecule has 1 saturated carbocycles. The normalized spacial score (nSPS) is 15.0. The number of nitrogens with two attached hydrogens (primary N) is 1. The number of nitrogens with one attached hydrogen (secondary N) is 1. The lowest BCUT2D eigenvalue weighted by atomic mass is 9.96. The Bertz CT molecular complexity index is 1080. The zero-order valence-electron chi connectivity index (χ0n) is 21.3. The van der Waals surface area contributed by atoms with Crippen molar-refractivity contribution in [3.8, 4) is 0 Å². The number of benzene rings is 2. The fourth-order valence-corrected chi connectivity index (χ4v) is 6.40. The molecule has 0 atom stereocenters. The Balaban J connectivity index is 1.66. The molecule has 37 heavy (non-hydrogen) atoms. The highest BCUT2D eigenvalue weighted by atomic mass is 32.2. The first-order valence-electron chi connectivity index (χ1n) is 12.5. The molecule has 1 aliphatic rings. The average Bonchev–Trinajstić information content (AvgIpc) is 2.91. The lowest BCUT2D eigenvalue weighted by molar-refractivity contribution is -0.111. The van der Waals surface area contributed by atoms with Crippen LogP contribution in [0, 0.1) is 0 Å². The Kier molecular flexibility index (Phi) is 13.0. The molecule has 1 aliphatic carbocycles. The molecule has 3 N–H and O–H groups in total. The van der Waals surface area contributed by atoms with Crippen LogP contribution in [-0.2, 0) is 9.59 Å². The minimum absolute atomic E-state index is 0.150. The van der Waals surface area contributed by atoms with Crippen molar-refractivity contribution in [1.82, 2.24) is 5.32 Å². The fourth-order valence-electron chi connectivity index (χ4n) is 3.51. The van der Waals surface area contributed by atoms with Gasteiger partial charge in [0.2, 0.25) is 0 Å². The van der Waals surface area contributed by atoms with E-state index in [4.69, 9.17) is 15.7 Å². The minimum atomic E-state index is 0.150. The maximum Gasteiger partial charge on any atom is 0.194 e. The molecule has 0 radical (unpaired) electrons. The Labute approximate surface area is 236 Å². The summed E-state index contributed by atoms with van der Waals surface area (Å²) in [6.07, 6.45) is 6.85. The Morgan fingerprint density at radius 3 is 1.81 bits per heavy atom. The summed E-state index contributed by atoms with van der Waals surface area (Å²) in [5, 5.41) is 4.21. The third-order valence-corrected chi connectivity index (χ3v) is 9.32. The van der Waals surface area contributed by atoms with Crippen molar-refractivity contribution in [2.75, 3.05) is 5.88 Å². The van der Waals surface area contributed by atoms with Crippen LogP contribution in [0.15, 0.2) is 78.1 Å². The summed E-state index contributed by atoms with van der Waals surface area (Å²) in [5.41, 5.74) is 6.27. The lowest BCUT2D eigenvalue weighted by Crippen LogP contribution is -2.36. The largest absolute Gasteiger partial charge is 0.370 e. The van der Waals surface area contributed by atoms with Gasteiger partial charge in [0, 0.05) is 32.4 Å². The summed E-state index contributed by atoms with van der Waals surface area (Å²) in [4.78, 5) is 36.8. The maximum absolute atomic E-state index is 11.7. The molecule has 0 saturated heterocycles. The minimum Gasteiger partial charge on any atom is -0.370 e. The van der Waals surface area contributed by atoms with E-state index < -0.39 is 0 Å². The highest BCUT2D eigenvalue weighted by Crippen LogP contribution is 2.27. The van der Waals surface area contributed by atoms with Crippen LogP contribution in [0.3, 0.4) is 0 Å². The molecule has 0 bridgehead atoms. The van der Waals surface area contributed by atoms with Crippen LogP contribution < -0.4 is 11.1 Å². The van der Waals surface area contributed by atoms with Gasteiger partial charge in [0.05, 0.1) is 11.9 Å². The van der Waals surface area contributed by atoms with Gasteiger partial charge in [-0.1, -0.05) is 68.4 Å². The van der Waals surface area contributed by atoms with Crippen LogP contribution in [0.4, 0.5) is 0 Å². The molecule has 2 aromatic rings. The molecular formula is C27H34N4O2S4. The zero-order valence-corrected chi connectivity index (χ0v) is 24.5. The van der Waals surface area contributed by atoms with Crippen molar-refractivity contribution < 1.29 is 9.59 Å². The Hall–Kier alpha value is -1.88. The molecule has 0 unspecified atom stereocenters. The second kappa shape index (κ2) is 16.2. The predicted octanol–water partition coefficient (Wildman–Crippen LogP) is 7.18. The van der Waals surface area contributed by atoms with Crippen LogP contribution >= 0.6 is 47.0 Å². The number of guanidine groups is 1. The first-order valence-corrected chi connectivity index (χ1v) is 16.0. The first-order chi connectivity index (χ1) is 17.9. The summed E-state index contributed by atoms with van der Waals surface area (Å²) in [7, 11) is 0. The molecule has 0 aromatic heterocycles. The SMILES string of the molecule is CCC(=O)Sc1ccc(SCN=C(NC(N)=NC2CCCCC2)Sc2ccc(SC(=O)CC)cc2)cc1. The summed E-state index contributed by atoms with van der Waals surface area (Å²) in [6, 6.07) is 16.1. The quantitative estimate of drug-likeness (QED) is 0.185.